The second-order valence-electron chi connectivity index (χ2n) is 5.41. The Morgan fingerprint density at radius 3 is 2.79 bits per heavy atom. The minimum atomic E-state index is 0.212. The van der Waals surface area contributed by atoms with Crippen molar-refractivity contribution >= 4 is 5.78 Å². The third-order valence-corrected chi connectivity index (χ3v) is 3.94. The smallest absolute Gasteiger partial charge is 0.176 e. The average molecular weight is 260 g/mol. The molecule has 104 valence electrons. The lowest BCUT2D eigenvalue weighted by molar-refractivity contribution is 0.0929. The van der Waals surface area contributed by atoms with E-state index in [2.05, 4.69) is 16.7 Å². The molecule has 2 rings (SSSR count). The van der Waals surface area contributed by atoms with Gasteiger partial charge in [-0.05, 0) is 33.0 Å². The van der Waals surface area contributed by atoms with Crippen LogP contribution in [0.4, 0.5) is 0 Å². The zero-order valence-corrected chi connectivity index (χ0v) is 12.0. The molecule has 1 aromatic rings. The summed E-state index contributed by atoms with van der Waals surface area (Å²) in [5, 5.41) is 0. The van der Waals surface area contributed by atoms with Crippen molar-refractivity contribution in [1.29, 1.82) is 0 Å². The maximum atomic E-state index is 12.1. The van der Waals surface area contributed by atoms with Crippen LogP contribution in [-0.2, 0) is 0 Å². The molecule has 0 aliphatic carbocycles. The summed E-state index contributed by atoms with van der Waals surface area (Å²) in [4.78, 5) is 16.8. The Morgan fingerprint density at radius 2 is 2.11 bits per heavy atom. The van der Waals surface area contributed by atoms with Crippen molar-refractivity contribution in [1.82, 2.24) is 9.80 Å². The first kappa shape index (κ1) is 14.2. The fourth-order valence-corrected chi connectivity index (χ4v) is 2.90. The number of nitrogens with zero attached hydrogens (tertiary/aromatic N) is 2. The van der Waals surface area contributed by atoms with Crippen LogP contribution in [0, 0.1) is 0 Å². The Bertz CT molecular complexity index is 404. The largest absolute Gasteiger partial charge is 0.299 e. The zero-order chi connectivity index (χ0) is 13.7. The Kier molecular flexibility index (Phi) is 5.11. The van der Waals surface area contributed by atoms with Crippen LogP contribution >= 0.6 is 0 Å². The summed E-state index contributed by atoms with van der Waals surface area (Å²) >= 11 is 0. The number of hydrogen-bond acceptors (Lipinski definition) is 3. The van der Waals surface area contributed by atoms with Crippen LogP contribution in [0.3, 0.4) is 0 Å². The van der Waals surface area contributed by atoms with Crippen LogP contribution in [0.5, 0.6) is 0 Å². The van der Waals surface area contributed by atoms with Gasteiger partial charge in [0.2, 0.25) is 0 Å². The van der Waals surface area contributed by atoms with E-state index in [9.17, 15) is 4.79 Å². The van der Waals surface area contributed by atoms with E-state index >= 15 is 0 Å². The number of ketones is 1. The molecule has 1 fully saturated rings. The zero-order valence-electron chi connectivity index (χ0n) is 12.0. The van der Waals surface area contributed by atoms with E-state index in [0.717, 1.165) is 18.7 Å². The van der Waals surface area contributed by atoms with Gasteiger partial charge in [0.1, 0.15) is 0 Å². The first-order valence-electron chi connectivity index (χ1n) is 7.21. The molecule has 1 atom stereocenters. The summed E-state index contributed by atoms with van der Waals surface area (Å²) in [7, 11) is 2.05. The molecule has 1 aliphatic rings. The normalized spacial score (nSPS) is 20.1. The summed E-state index contributed by atoms with van der Waals surface area (Å²) in [6.45, 7) is 6.05. The van der Waals surface area contributed by atoms with Crippen molar-refractivity contribution in [3.63, 3.8) is 0 Å². The summed E-state index contributed by atoms with van der Waals surface area (Å²) < 4.78 is 0. The lowest BCUT2D eigenvalue weighted by atomic mass is 10.1. The van der Waals surface area contributed by atoms with Gasteiger partial charge in [0, 0.05) is 18.2 Å². The molecular formula is C16H24N2O. The molecule has 1 saturated heterocycles. The van der Waals surface area contributed by atoms with E-state index in [0.29, 0.717) is 12.6 Å². The summed E-state index contributed by atoms with van der Waals surface area (Å²) in [6.07, 6.45) is 2.55. The fraction of sp³-hybridized carbons (Fsp3) is 0.562. The third kappa shape index (κ3) is 3.88. The first-order valence-corrected chi connectivity index (χ1v) is 7.21. The Labute approximate surface area is 116 Å². The van der Waals surface area contributed by atoms with E-state index in [1.807, 2.05) is 37.4 Å². The van der Waals surface area contributed by atoms with E-state index in [-0.39, 0.29) is 5.78 Å². The number of Topliss-reactive ketones (excluding diaryl/α,β-unsaturated/α-hetero) is 1. The van der Waals surface area contributed by atoms with E-state index in [4.69, 9.17) is 0 Å². The highest BCUT2D eigenvalue weighted by Crippen LogP contribution is 2.17. The maximum Gasteiger partial charge on any atom is 0.176 e. The van der Waals surface area contributed by atoms with Crippen LogP contribution in [0.15, 0.2) is 30.3 Å². The first-order chi connectivity index (χ1) is 9.20. The minimum Gasteiger partial charge on any atom is -0.299 e. The van der Waals surface area contributed by atoms with Crippen LogP contribution in [0.2, 0.25) is 0 Å². The van der Waals surface area contributed by atoms with Gasteiger partial charge in [-0.15, -0.1) is 0 Å². The predicted molar refractivity (Wildman–Crippen MR) is 78.5 cm³/mol. The Balaban J connectivity index is 1.84. The molecule has 0 spiro atoms. The second kappa shape index (κ2) is 6.83. The third-order valence-electron chi connectivity index (χ3n) is 3.94. The average Bonchev–Trinajstić information content (AvgIpc) is 2.86. The van der Waals surface area contributed by atoms with Crippen molar-refractivity contribution in [3.8, 4) is 0 Å². The molecule has 0 saturated carbocycles. The Hall–Kier alpha value is -1.19. The highest BCUT2D eigenvalue weighted by molar-refractivity contribution is 5.97. The monoisotopic (exact) mass is 260 g/mol. The van der Waals surface area contributed by atoms with E-state index in [1.54, 1.807) is 0 Å². The van der Waals surface area contributed by atoms with Crippen molar-refractivity contribution in [3.05, 3.63) is 35.9 Å². The fourth-order valence-electron chi connectivity index (χ4n) is 2.90. The number of rotatable bonds is 6. The molecule has 1 heterocycles. The lowest BCUT2D eigenvalue weighted by Gasteiger charge is -2.27. The molecule has 0 amide bonds. The van der Waals surface area contributed by atoms with Crippen LogP contribution < -0.4 is 0 Å². The minimum absolute atomic E-state index is 0.212. The molecule has 0 N–H and O–H groups in total. The van der Waals surface area contributed by atoms with Crippen LogP contribution in [0.25, 0.3) is 0 Å². The molecule has 0 bridgehead atoms. The molecule has 1 unspecified atom stereocenters. The van der Waals surface area contributed by atoms with Crippen molar-refractivity contribution in [2.24, 2.45) is 0 Å². The molecule has 1 aromatic carbocycles. The number of carbonyl (C=O) groups is 1. The van der Waals surface area contributed by atoms with Gasteiger partial charge in [0.05, 0.1) is 6.54 Å². The molecule has 0 aromatic heterocycles. The highest BCUT2D eigenvalue weighted by Gasteiger charge is 2.24. The standard InChI is InChI=1S/C16H24N2O/c1-3-18-11-7-10-15(18)12-17(2)13-16(19)14-8-5-4-6-9-14/h4-6,8-9,15H,3,7,10-13H2,1-2H3. The molecule has 3 heteroatoms. The van der Waals surface area contributed by atoms with Gasteiger partial charge in [-0.2, -0.15) is 0 Å². The molecular weight excluding hydrogens is 236 g/mol. The summed E-state index contributed by atoms with van der Waals surface area (Å²) in [6, 6.07) is 10.2. The van der Waals surface area contributed by atoms with Crippen LogP contribution in [-0.4, -0.2) is 54.9 Å². The van der Waals surface area contributed by atoms with Gasteiger partial charge >= 0.3 is 0 Å². The van der Waals surface area contributed by atoms with Gasteiger partial charge in [-0.1, -0.05) is 37.3 Å². The van der Waals surface area contributed by atoms with E-state index in [1.165, 1.54) is 19.4 Å². The molecule has 1 aliphatic heterocycles. The number of carbonyl (C=O) groups excluding carboxylic acids is 1. The highest BCUT2D eigenvalue weighted by atomic mass is 16.1. The van der Waals surface area contributed by atoms with Gasteiger partial charge in [0.15, 0.2) is 5.78 Å². The predicted octanol–water partition coefficient (Wildman–Crippen LogP) is 2.29. The number of hydrogen-bond donors (Lipinski definition) is 0. The second-order valence-corrected chi connectivity index (χ2v) is 5.41. The van der Waals surface area contributed by atoms with Crippen molar-refractivity contribution in [2.75, 3.05) is 33.2 Å². The van der Waals surface area contributed by atoms with Gasteiger partial charge < -0.3 is 0 Å². The quantitative estimate of drug-likeness (QED) is 0.733. The molecule has 19 heavy (non-hydrogen) atoms. The number of likely N-dealkylation sites (tertiary alicyclic amines) is 1. The maximum absolute atomic E-state index is 12.1. The molecule has 3 nitrogen and oxygen atoms in total. The SMILES string of the molecule is CCN1CCCC1CN(C)CC(=O)c1ccccc1. The van der Waals surface area contributed by atoms with Crippen molar-refractivity contribution < 1.29 is 4.79 Å². The Morgan fingerprint density at radius 1 is 1.37 bits per heavy atom. The van der Waals surface area contributed by atoms with Gasteiger partial charge in [0.25, 0.3) is 0 Å². The topological polar surface area (TPSA) is 23.6 Å². The van der Waals surface area contributed by atoms with Gasteiger partial charge in [-0.3, -0.25) is 14.6 Å². The lowest BCUT2D eigenvalue weighted by Crippen LogP contribution is -2.40. The molecule has 0 radical (unpaired) electrons. The summed E-state index contributed by atoms with van der Waals surface area (Å²) in [5.41, 5.74) is 0.813. The van der Waals surface area contributed by atoms with Crippen molar-refractivity contribution in [2.45, 2.75) is 25.8 Å². The number of likely N-dealkylation sites (N-methyl/N-ethyl adjacent to an activating group) is 2. The van der Waals surface area contributed by atoms with Gasteiger partial charge in [-0.25, -0.2) is 0 Å². The summed E-state index contributed by atoms with van der Waals surface area (Å²) in [5.74, 6) is 0.212. The number of benzene rings is 1. The van der Waals surface area contributed by atoms with Crippen LogP contribution in [0.1, 0.15) is 30.1 Å². The van der Waals surface area contributed by atoms with E-state index < -0.39 is 0 Å².